The molecule has 0 aliphatic heterocycles. The smallest absolute Gasteiger partial charge is 0.418 e. The molecule has 0 aliphatic rings. The summed E-state index contributed by atoms with van der Waals surface area (Å²) in [6.07, 6.45) is -4.64. The van der Waals surface area contributed by atoms with Crippen molar-refractivity contribution in [3.05, 3.63) is 46.9 Å². The van der Waals surface area contributed by atoms with Crippen LogP contribution in [-0.2, 0) is 6.18 Å². The molecule has 1 aromatic heterocycles. The van der Waals surface area contributed by atoms with E-state index in [2.05, 4.69) is 5.32 Å². The van der Waals surface area contributed by atoms with Crippen LogP contribution in [0.3, 0.4) is 0 Å². The van der Waals surface area contributed by atoms with Crippen molar-refractivity contribution < 1.29 is 22.4 Å². The molecule has 1 amide bonds. The Labute approximate surface area is 116 Å². The van der Waals surface area contributed by atoms with Crippen molar-refractivity contribution >= 4 is 28.9 Å². The maximum Gasteiger partial charge on any atom is 0.418 e. The van der Waals surface area contributed by atoms with Crippen molar-refractivity contribution in [1.82, 2.24) is 0 Å². The number of carbonyl (C=O) groups excluding carboxylic acids is 1. The van der Waals surface area contributed by atoms with Crippen molar-refractivity contribution in [2.75, 3.05) is 11.1 Å². The van der Waals surface area contributed by atoms with Crippen molar-refractivity contribution in [2.45, 2.75) is 6.18 Å². The summed E-state index contributed by atoms with van der Waals surface area (Å²) in [6.45, 7) is 0. The third-order valence-corrected chi connectivity index (χ3v) is 2.60. The zero-order valence-electron chi connectivity index (χ0n) is 9.79. The van der Waals surface area contributed by atoms with E-state index < -0.39 is 23.3 Å². The molecular formula is C12H8ClF3N2O2. The maximum absolute atomic E-state index is 12.8. The molecule has 2 rings (SSSR count). The average Bonchev–Trinajstić information content (AvgIpc) is 2.77. The number of hydrogen-bond donors (Lipinski definition) is 2. The minimum absolute atomic E-state index is 0.0384. The highest BCUT2D eigenvalue weighted by Gasteiger charge is 2.34. The zero-order valence-corrected chi connectivity index (χ0v) is 10.5. The van der Waals surface area contributed by atoms with Crippen molar-refractivity contribution in [1.29, 1.82) is 0 Å². The van der Waals surface area contributed by atoms with Gasteiger partial charge in [-0.15, -0.1) is 0 Å². The summed E-state index contributed by atoms with van der Waals surface area (Å²) >= 11 is 5.49. The van der Waals surface area contributed by atoms with Crippen LogP contribution in [0.5, 0.6) is 0 Å². The Morgan fingerprint density at radius 3 is 2.50 bits per heavy atom. The van der Waals surface area contributed by atoms with E-state index in [1.54, 1.807) is 0 Å². The molecule has 0 fully saturated rings. The van der Waals surface area contributed by atoms with Gasteiger partial charge >= 0.3 is 6.18 Å². The summed E-state index contributed by atoms with van der Waals surface area (Å²) in [5.74, 6) is -1.04. The molecule has 4 nitrogen and oxygen atoms in total. The Morgan fingerprint density at radius 2 is 1.95 bits per heavy atom. The van der Waals surface area contributed by atoms with E-state index in [9.17, 15) is 18.0 Å². The molecule has 20 heavy (non-hydrogen) atoms. The molecule has 0 radical (unpaired) electrons. The van der Waals surface area contributed by atoms with Gasteiger partial charge in [-0.1, -0.05) is 0 Å². The molecular weight excluding hydrogens is 297 g/mol. The lowest BCUT2D eigenvalue weighted by Gasteiger charge is -2.13. The second kappa shape index (κ2) is 5.09. The molecule has 0 spiro atoms. The fraction of sp³-hybridized carbons (Fsp3) is 0.0833. The highest BCUT2D eigenvalue weighted by molar-refractivity contribution is 6.29. The summed E-state index contributed by atoms with van der Waals surface area (Å²) in [6, 6.07) is 5.62. The van der Waals surface area contributed by atoms with E-state index in [1.807, 2.05) is 0 Å². The van der Waals surface area contributed by atoms with Crippen LogP contribution in [0, 0.1) is 0 Å². The number of nitrogen functional groups attached to an aromatic ring is 1. The van der Waals surface area contributed by atoms with Crippen LogP contribution >= 0.6 is 11.6 Å². The second-order valence-corrected chi connectivity index (χ2v) is 4.23. The summed E-state index contributed by atoms with van der Waals surface area (Å²) in [4.78, 5) is 11.7. The molecule has 1 heterocycles. The van der Waals surface area contributed by atoms with Crippen LogP contribution in [0.1, 0.15) is 16.1 Å². The van der Waals surface area contributed by atoms with Crippen molar-refractivity contribution in [3.63, 3.8) is 0 Å². The summed E-state index contributed by atoms with van der Waals surface area (Å²) < 4.78 is 43.3. The number of alkyl halides is 3. The number of hydrogen-bond acceptors (Lipinski definition) is 3. The van der Waals surface area contributed by atoms with Crippen LogP contribution in [0.4, 0.5) is 24.5 Å². The van der Waals surface area contributed by atoms with E-state index >= 15 is 0 Å². The predicted octanol–water partition coefficient (Wildman–Crippen LogP) is 3.79. The van der Waals surface area contributed by atoms with Crippen LogP contribution in [0.2, 0.25) is 5.22 Å². The Morgan fingerprint density at radius 1 is 1.25 bits per heavy atom. The second-order valence-electron chi connectivity index (χ2n) is 3.86. The minimum Gasteiger partial charge on any atom is -0.440 e. The number of rotatable bonds is 2. The molecule has 0 atom stereocenters. The lowest BCUT2D eigenvalue weighted by molar-refractivity contribution is -0.136. The first-order valence-electron chi connectivity index (χ1n) is 5.31. The Balaban J connectivity index is 2.32. The maximum atomic E-state index is 12.8. The molecule has 106 valence electrons. The third-order valence-electron chi connectivity index (χ3n) is 2.39. The number of furan rings is 1. The van der Waals surface area contributed by atoms with Crippen LogP contribution < -0.4 is 11.1 Å². The van der Waals surface area contributed by atoms with Gasteiger partial charge < -0.3 is 15.5 Å². The molecule has 0 saturated carbocycles. The topological polar surface area (TPSA) is 68.3 Å². The van der Waals surface area contributed by atoms with Gasteiger partial charge in [-0.25, -0.2) is 0 Å². The van der Waals surface area contributed by atoms with Gasteiger partial charge in [0, 0.05) is 5.69 Å². The van der Waals surface area contributed by atoms with Crippen LogP contribution in [0.25, 0.3) is 0 Å². The van der Waals surface area contributed by atoms with Crippen LogP contribution in [-0.4, -0.2) is 5.91 Å². The Bertz CT molecular complexity index is 652. The first-order valence-corrected chi connectivity index (χ1v) is 5.68. The van der Waals surface area contributed by atoms with Gasteiger partial charge in [-0.2, -0.15) is 13.2 Å². The van der Waals surface area contributed by atoms with Gasteiger partial charge in [0.15, 0.2) is 11.0 Å². The minimum atomic E-state index is -4.64. The number of carbonyl (C=O) groups is 1. The fourth-order valence-electron chi connectivity index (χ4n) is 1.53. The lowest BCUT2D eigenvalue weighted by atomic mass is 10.1. The molecule has 0 saturated heterocycles. The first-order chi connectivity index (χ1) is 9.27. The molecule has 0 bridgehead atoms. The standard InChI is InChI=1S/C12H8ClF3N2O2/c13-10-4-3-9(20-10)11(19)18-8-2-1-6(17)5-7(8)12(14,15)16/h1-5H,17H2,(H,18,19). The number of anilines is 2. The van der Waals surface area contributed by atoms with E-state index in [4.69, 9.17) is 21.8 Å². The van der Waals surface area contributed by atoms with Crippen LogP contribution in [0.15, 0.2) is 34.7 Å². The van der Waals surface area contributed by atoms with Gasteiger partial charge in [0.25, 0.3) is 5.91 Å². The van der Waals surface area contributed by atoms with Gasteiger partial charge in [-0.05, 0) is 41.9 Å². The Hall–Kier alpha value is -2.15. The normalized spacial score (nSPS) is 11.4. The number of amides is 1. The quantitative estimate of drug-likeness (QED) is 0.829. The van der Waals surface area contributed by atoms with E-state index in [0.29, 0.717) is 0 Å². The number of benzene rings is 1. The SMILES string of the molecule is Nc1ccc(NC(=O)c2ccc(Cl)o2)c(C(F)(F)F)c1. The zero-order chi connectivity index (χ0) is 14.9. The fourth-order valence-corrected chi connectivity index (χ4v) is 1.67. The third kappa shape index (κ3) is 3.05. The molecule has 2 aromatic rings. The predicted molar refractivity (Wildman–Crippen MR) is 67.5 cm³/mol. The number of nitrogens with one attached hydrogen (secondary N) is 1. The lowest BCUT2D eigenvalue weighted by Crippen LogP contribution is -2.16. The monoisotopic (exact) mass is 304 g/mol. The molecule has 0 aliphatic carbocycles. The highest BCUT2D eigenvalue weighted by Crippen LogP contribution is 2.36. The molecule has 0 unspecified atom stereocenters. The largest absolute Gasteiger partial charge is 0.440 e. The highest BCUT2D eigenvalue weighted by atomic mass is 35.5. The Kier molecular flexibility index (Phi) is 3.63. The first kappa shape index (κ1) is 14.3. The average molecular weight is 305 g/mol. The molecule has 8 heteroatoms. The van der Waals surface area contributed by atoms with Gasteiger partial charge in [-0.3, -0.25) is 4.79 Å². The van der Waals surface area contributed by atoms with E-state index in [1.165, 1.54) is 18.2 Å². The van der Waals surface area contributed by atoms with Gasteiger partial charge in [0.1, 0.15) is 0 Å². The van der Waals surface area contributed by atoms with E-state index in [0.717, 1.165) is 12.1 Å². The summed E-state index contributed by atoms with van der Waals surface area (Å²) in [5.41, 5.74) is 3.81. The van der Waals surface area contributed by atoms with Gasteiger partial charge in [0.05, 0.1) is 11.3 Å². The number of nitrogens with two attached hydrogens (primary N) is 1. The molecule has 1 aromatic carbocycles. The molecule has 3 N–H and O–H groups in total. The van der Waals surface area contributed by atoms with Gasteiger partial charge in [0.2, 0.25) is 0 Å². The van der Waals surface area contributed by atoms with E-state index in [-0.39, 0.29) is 16.7 Å². The summed E-state index contributed by atoms with van der Waals surface area (Å²) in [5, 5.41) is 2.07. The van der Waals surface area contributed by atoms with Crippen molar-refractivity contribution in [3.8, 4) is 0 Å². The number of halogens is 4. The van der Waals surface area contributed by atoms with Crippen molar-refractivity contribution in [2.24, 2.45) is 0 Å². The summed E-state index contributed by atoms with van der Waals surface area (Å²) in [7, 11) is 0.